The Morgan fingerprint density at radius 3 is 2.62 bits per heavy atom. The zero-order valence-electron chi connectivity index (χ0n) is 8.68. The maximum Gasteiger partial charge on any atom is 0.194 e. The van der Waals surface area contributed by atoms with E-state index in [0.29, 0.717) is 0 Å². The summed E-state index contributed by atoms with van der Waals surface area (Å²) in [5, 5.41) is 0. The predicted molar refractivity (Wildman–Crippen MR) is 53.7 cm³/mol. The molecule has 0 saturated carbocycles. The topological polar surface area (TPSA) is 26.0 Å². The van der Waals surface area contributed by atoms with E-state index in [0.717, 1.165) is 18.0 Å². The van der Waals surface area contributed by atoms with E-state index in [-0.39, 0.29) is 0 Å². The van der Waals surface area contributed by atoms with Gasteiger partial charge in [0, 0.05) is 6.42 Å². The van der Waals surface area contributed by atoms with Crippen molar-refractivity contribution in [3.05, 3.63) is 17.8 Å². The highest BCUT2D eigenvalue weighted by molar-refractivity contribution is 4.92. The van der Waals surface area contributed by atoms with E-state index < -0.39 is 0 Å². The molecule has 0 aliphatic carbocycles. The Bertz CT molecular complexity index is 230. The van der Waals surface area contributed by atoms with Crippen molar-refractivity contribution in [1.29, 1.82) is 0 Å². The van der Waals surface area contributed by atoms with Gasteiger partial charge in [-0.3, -0.25) is 0 Å². The zero-order valence-corrected chi connectivity index (χ0v) is 8.68. The van der Waals surface area contributed by atoms with Crippen LogP contribution in [0.25, 0.3) is 0 Å². The summed E-state index contributed by atoms with van der Waals surface area (Å²) in [5.41, 5.74) is 0.989. The van der Waals surface area contributed by atoms with Crippen LogP contribution >= 0.6 is 0 Å². The Labute approximate surface area is 80.4 Å². The van der Waals surface area contributed by atoms with Crippen molar-refractivity contribution in [2.75, 3.05) is 0 Å². The average Bonchev–Trinajstić information content (AvgIpc) is 2.51. The van der Waals surface area contributed by atoms with Crippen molar-refractivity contribution in [2.24, 2.45) is 0 Å². The minimum atomic E-state index is 0.897. The SMILES string of the molecule is CCCCCCCc1nc(C)co1. The van der Waals surface area contributed by atoms with Crippen LogP contribution in [0, 0.1) is 6.92 Å². The van der Waals surface area contributed by atoms with E-state index in [4.69, 9.17) is 4.42 Å². The molecule has 0 fully saturated rings. The molecule has 74 valence electrons. The molecule has 0 aromatic carbocycles. The largest absolute Gasteiger partial charge is 0.449 e. The molecule has 1 aromatic heterocycles. The van der Waals surface area contributed by atoms with Crippen LogP contribution in [0.1, 0.15) is 50.6 Å². The fourth-order valence-electron chi connectivity index (χ4n) is 1.40. The van der Waals surface area contributed by atoms with E-state index in [1.54, 1.807) is 6.26 Å². The fourth-order valence-corrected chi connectivity index (χ4v) is 1.40. The molecule has 13 heavy (non-hydrogen) atoms. The van der Waals surface area contributed by atoms with Crippen LogP contribution in [0.3, 0.4) is 0 Å². The average molecular weight is 181 g/mol. The smallest absolute Gasteiger partial charge is 0.194 e. The monoisotopic (exact) mass is 181 g/mol. The van der Waals surface area contributed by atoms with Gasteiger partial charge in [-0.1, -0.05) is 32.6 Å². The lowest BCUT2D eigenvalue weighted by atomic mass is 10.1. The number of aryl methyl sites for hydroxylation is 2. The third-order valence-electron chi connectivity index (χ3n) is 2.16. The second kappa shape index (κ2) is 5.79. The summed E-state index contributed by atoms with van der Waals surface area (Å²) in [6, 6.07) is 0. The minimum absolute atomic E-state index is 0.897. The van der Waals surface area contributed by atoms with Gasteiger partial charge in [0.15, 0.2) is 5.89 Å². The molecular formula is C11H19NO. The Morgan fingerprint density at radius 2 is 2.00 bits per heavy atom. The van der Waals surface area contributed by atoms with Gasteiger partial charge in [-0.2, -0.15) is 0 Å². The Balaban J connectivity index is 2.06. The second-order valence-corrected chi connectivity index (χ2v) is 3.55. The molecule has 0 radical (unpaired) electrons. The first-order valence-electron chi connectivity index (χ1n) is 5.24. The lowest BCUT2D eigenvalue weighted by Gasteiger charge is -1.96. The van der Waals surface area contributed by atoms with E-state index >= 15 is 0 Å². The summed E-state index contributed by atoms with van der Waals surface area (Å²) < 4.78 is 5.26. The highest BCUT2D eigenvalue weighted by atomic mass is 16.3. The van der Waals surface area contributed by atoms with Gasteiger partial charge in [-0.15, -0.1) is 0 Å². The van der Waals surface area contributed by atoms with Crippen molar-refractivity contribution in [3.8, 4) is 0 Å². The molecule has 2 nitrogen and oxygen atoms in total. The van der Waals surface area contributed by atoms with Crippen LogP contribution in [0.15, 0.2) is 10.7 Å². The molecule has 0 aliphatic heterocycles. The van der Waals surface area contributed by atoms with Crippen LogP contribution in [0.5, 0.6) is 0 Å². The lowest BCUT2D eigenvalue weighted by Crippen LogP contribution is -1.86. The number of rotatable bonds is 6. The maximum absolute atomic E-state index is 5.26. The van der Waals surface area contributed by atoms with Crippen molar-refractivity contribution in [1.82, 2.24) is 4.98 Å². The molecule has 0 spiro atoms. The van der Waals surface area contributed by atoms with Crippen LogP contribution in [-0.2, 0) is 6.42 Å². The van der Waals surface area contributed by atoms with Gasteiger partial charge in [0.25, 0.3) is 0 Å². The molecule has 0 atom stereocenters. The molecule has 0 N–H and O–H groups in total. The molecule has 2 heteroatoms. The lowest BCUT2D eigenvalue weighted by molar-refractivity contribution is 0.478. The summed E-state index contributed by atoms with van der Waals surface area (Å²) in [5.74, 6) is 0.897. The number of unbranched alkanes of at least 4 members (excludes halogenated alkanes) is 4. The number of hydrogen-bond acceptors (Lipinski definition) is 2. The minimum Gasteiger partial charge on any atom is -0.449 e. The van der Waals surface area contributed by atoms with E-state index in [2.05, 4.69) is 11.9 Å². The predicted octanol–water partition coefficient (Wildman–Crippen LogP) is 3.50. The van der Waals surface area contributed by atoms with Gasteiger partial charge in [-0.25, -0.2) is 4.98 Å². The summed E-state index contributed by atoms with van der Waals surface area (Å²) in [7, 11) is 0. The number of hydrogen-bond donors (Lipinski definition) is 0. The molecule has 0 amide bonds. The third kappa shape index (κ3) is 4.11. The van der Waals surface area contributed by atoms with Crippen molar-refractivity contribution >= 4 is 0 Å². The van der Waals surface area contributed by atoms with Crippen molar-refractivity contribution in [2.45, 2.75) is 52.4 Å². The number of aromatic nitrogens is 1. The molecule has 0 unspecified atom stereocenters. The highest BCUT2D eigenvalue weighted by Crippen LogP contribution is 2.08. The standard InChI is InChI=1S/C11H19NO/c1-3-4-5-6-7-8-11-12-10(2)9-13-11/h9H,3-8H2,1-2H3. The first-order valence-corrected chi connectivity index (χ1v) is 5.24. The van der Waals surface area contributed by atoms with Crippen molar-refractivity contribution in [3.63, 3.8) is 0 Å². The molecule has 1 rings (SSSR count). The first kappa shape index (κ1) is 10.3. The zero-order chi connectivity index (χ0) is 9.52. The van der Waals surface area contributed by atoms with Gasteiger partial charge >= 0.3 is 0 Å². The molecule has 1 aromatic rings. The van der Waals surface area contributed by atoms with Crippen LogP contribution in [0.2, 0.25) is 0 Å². The normalized spacial score (nSPS) is 10.6. The molecule has 1 heterocycles. The molecule has 0 bridgehead atoms. The van der Waals surface area contributed by atoms with Gasteiger partial charge in [-0.05, 0) is 13.3 Å². The second-order valence-electron chi connectivity index (χ2n) is 3.55. The number of oxazole rings is 1. The van der Waals surface area contributed by atoms with Gasteiger partial charge in [0.1, 0.15) is 6.26 Å². The summed E-state index contributed by atoms with van der Waals surface area (Å²) >= 11 is 0. The van der Waals surface area contributed by atoms with Crippen LogP contribution < -0.4 is 0 Å². The summed E-state index contributed by atoms with van der Waals surface area (Å²) in [4.78, 5) is 4.26. The quantitative estimate of drug-likeness (QED) is 0.628. The Kier molecular flexibility index (Phi) is 4.58. The molecule has 0 aliphatic rings. The number of nitrogens with zero attached hydrogens (tertiary/aromatic N) is 1. The van der Waals surface area contributed by atoms with Crippen LogP contribution in [-0.4, -0.2) is 4.98 Å². The van der Waals surface area contributed by atoms with E-state index in [9.17, 15) is 0 Å². The Morgan fingerprint density at radius 1 is 1.23 bits per heavy atom. The van der Waals surface area contributed by atoms with Gasteiger partial charge in [0.05, 0.1) is 5.69 Å². The third-order valence-corrected chi connectivity index (χ3v) is 2.16. The summed E-state index contributed by atoms with van der Waals surface area (Å²) in [6.07, 6.45) is 9.23. The van der Waals surface area contributed by atoms with E-state index in [1.165, 1.54) is 32.1 Å². The molecule has 0 saturated heterocycles. The van der Waals surface area contributed by atoms with Gasteiger partial charge < -0.3 is 4.42 Å². The molecular weight excluding hydrogens is 162 g/mol. The van der Waals surface area contributed by atoms with Crippen molar-refractivity contribution < 1.29 is 4.42 Å². The first-order chi connectivity index (χ1) is 6.33. The van der Waals surface area contributed by atoms with E-state index in [1.807, 2.05) is 6.92 Å². The maximum atomic E-state index is 5.26. The Hall–Kier alpha value is -0.790. The van der Waals surface area contributed by atoms with Gasteiger partial charge in [0.2, 0.25) is 0 Å². The fraction of sp³-hybridized carbons (Fsp3) is 0.727. The highest BCUT2D eigenvalue weighted by Gasteiger charge is 1.99. The van der Waals surface area contributed by atoms with Crippen LogP contribution in [0.4, 0.5) is 0 Å². The summed E-state index contributed by atoms with van der Waals surface area (Å²) in [6.45, 7) is 4.20.